The van der Waals surface area contributed by atoms with Crippen LogP contribution < -0.4 is 5.73 Å². The molecule has 162 valence electrons. The Morgan fingerprint density at radius 3 is 2.25 bits per heavy atom. The number of nitriles is 1. The molecule has 1 aliphatic heterocycles. The van der Waals surface area contributed by atoms with Crippen molar-refractivity contribution in [3.8, 4) is 17.2 Å². The molecule has 1 aromatic heterocycles. The van der Waals surface area contributed by atoms with Gasteiger partial charge in [0.25, 0.3) is 5.91 Å². The van der Waals surface area contributed by atoms with Gasteiger partial charge >= 0.3 is 0 Å². The van der Waals surface area contributed by atoms with Crippen LogP contribution in [0.25, 0.3) is 22.0 Å². The Morgan fingerprint density at radius 2 is 1.62 bits per heavy atom. The molecule has 7 nitrogen and oxygen atoms in total. The van der Waals surface area contributed by atoms with E-state index < -0.39 is 5.54 Å². The fourth-order valence-corrected chi connectivity index (χ4v) is 4.58. The van der Waals surface area contributed by atoms with Crippen LogP contribution in [-0.2, 0) is 4.79 Å². The highest BCUT2D eigenvalue weighted by molar-refractivity contribution is 5.95. The maximum atomic E-state index is 13.0. The normalized spacial score (nSPS) is 17.6. The van der Waals surface area contributed by atoms with Gasteiger partial charge in [-0.1, -0.05) is 18.2 Å². The first-order chi connectivity index (χ1) is 15.5. The average Bonchev–Trinajstić information content (AvgIpc) is 3.24. The zero-order valence-corrected chi connectivity index (χ0v) is 17.8. The molecule has 0 radical (unpaired) electrons. The number of carbonyl (C=O) groups is 2. The van der Waals surface area contributed by atoms with Gasteiger partial charge in [0, 0.05) is 48.8 Å². The second-order valence-corrected chi connectivity index (χ2v) is 8.75. The fraction of sp³-hybridized carbons (Fsp3) is 0.320. The number of piperazine rings is 1. The summed E-state index contributed by atoms with van der Waals surface area (Å²) in [4.78, 5) is 32.3. The molecule has 0 spiro atoms. The summed E-state index contributed by atoms with van der Waals surface area (Å²) in [6, 6.07) is 15.7. The number of nitrogens with zero attached hydrogens (tertiary/aromatic N) is 3. The third kappa shape index (κ3) is 3.43. The molecule has 7 heteroatoms. The molecule has 2 aromatic carbocycles. The third-order valence-electron chi connectivity index (χ3n) is 6.79. The van der Waals surface area contributed by atoms with E-state index in [0.29, 0.717) is 37.3 Å². The molecule has 2 fully saturated rings. The molecule has 2 amide bonds. The predicted molar refractivity (Wildman–Crippen MR) is 122 cm³/mol. The first-order valence-corrected chi connectivity index (χ1v) is 11.0. The number of nitrogens with one attached hydrogen (secondary N) is 1. The Balaban J connectivity index is 1.26. The average molecular weight is 428 g/mol. The van der Waals surface area contributed by atoms with Crippen LogP contribution in [0.1, 0.15) is 35.2 Å². The zero-order valence-electron chi connectivity index (χ0n) is 17.8. The molecule has 32 heavy (non-hydrogen) atoms. The van der Waals surface area contributed by atoms with E-state index >= 15 is 0 Å². The van der Waals surface area contributed by atoms with Crippen LogP contribution >= 0.6 is 0 Å². The quantitative estimate of drug-likeness (QED) is 0.670. The second kappa shape index (κ2) is 7.81. The van der Waals surface area contributed by atoms with Crippen LogP contribution in [0.2, 0.25) is 0 Å². The zero-order chi connectivity index (χ0) is 22.3. The molecule has 1 aliphatic carbocycles. The van der Waals surface area contributed by atoms with Gasteiger partial charge in [-0.15, -0.1) is 0 Å². The molecule has 3 aromatic rings. The van der Waals surface area contributed by atoms with Crippen molar-refractivity contribution in [3.63, 3.8) is 0 Å². The second-order valence-electron chi connectivity index (χ2n) is 8.75. The minimum absolute atomic E-state index is 0.0254. The molecule has 2 aliphatic rings. The number of hydrogen-bond acceptors (Lipinski definition) is 4. The number of aromatic nitrogens is 1. The van der Waals surface area contributed by atoms with E-state index in [1.54, 1.807) is 16.0 Å². The number of amides is 2. The molecular formula is C25H25N5O2. The molecule has 5 rings (SSSR count). The molecule has 0 bridgehead atoms. The molecular weight excluding hydrogens is 402 g/mol. The number of aromatic amines is 1. The van der Waals surface area contributed by atoms with E-state index in [-0.39, 0.29) is 11.8 Å². The van der Waals surface area contributed by atoms with Gasteiger partial charge in [0.2, 0.25) is 5.91 Å². The lowest BCUT2D eigenvalue weighted by atomic mass is 9.76. The third-order valence-corrected chi connectivity index (χ3v) is 6.79. The number of benzene rings is 2. The van der Waals surface area contributed by atoms with E-state index in [0.717, 1.165) is 41.3 Å². The summed E-state index contributed by atoms with van der Waals surface area (Å²) < 4.78 is 0. The Labute approximate surface area is 186 Å². The van der Waals surface area contributed by atoms with E-state index in [1.165, 1.54) is 0 Å². The summed E-state index contributed by atoms with van der Waals surface area (Å²) in [5.74, 6) is 0.00163. The topological polar surface area (TPSA) is 106 Å². The summed E-state index contributed by atoms with van der Waals surface area (Å²) in [5.41, 5.74) is 9.64. The fourth-order valence-electron chi connectivity index (χ4n) is 4.58. The van der Waals surface area contributed by atoms with E-state index in [1.807, 2.05) is 42.5 Å². The number of rotatable bonds is 3. The first kappa shape index (κ1) is 20.3. The van der Waals surface area contributed by atoms with Crippen molar-refractivity contribution >= 4 is 22.7 Å². The Bertz CT molecular complexity index is 1230. The Kier molecular flexibility index (Phi) is 4.95. The van der Waals surface area contributed by atoms with E-state index in [4.69, 9.17) is 5.73 Å². The van der Waals surface area contributed by atoms with Gasteiger partial charge in [-0.05, 0) is 54.7 Å². The van der Waals surface area contributed by atoms with Crippen molar-refractivity contribution < 1.29 is 9.59 Å². The number of H-pyrrole nitrogens is 1. The molecule has 1 saturated carbocycles. The van der Waals surface area contributed by atoms with Crippen molar-refractivity contribution in [3.05, 3.63) is 59.8 Å². The maximum absolute atomic E-state index is 13.0. The van der Waals surface area contributed by atoms with Crippen molar-refractivity contribution in [2.45, 2.75) is 24.8 Å². The standard InChI is InChI=1S/C25H25N5O2/c26-15-20-16-28-22-7-6-19(14-21(20)22)17-2-4-18(5-3-17)23(31)29-10-12-30(13-11-29)24(32)25(27)8-1-9-25/h2-7,14,16,28H,1,8-13,27H2. The van der Waals surface area contributed by atoms with Crippen LogP contribution in [0, 0.1) is 11.3 Å². The van der Waals surface area contributed by atoms with Gasteiger partial charge in [-0.3, -0.25) is 9.59 Å². The Morgan fingerprint density at radius 1 is 0.969 bits per heavy atom. The summed E-state index contributed by atoms with van der Waals surface area (Å²) in [7, 11) is 0. The summed E-state index contributed by atoms with van der Waals surface area (Å²) in [5, 5.41) is 10.2. The molecule has 0 unspecified atom stereocenters. The van der Waals surface area contributed by atoms with E-state index in [9.17, 15) is 14.9 Å². The lowest BCUT2D eigenvalue weighted by Crippen LogP contribution is -2.62. The highest BCUT2D eigenvalue weighted by Gasteiger charge is 2.43. The van der Waals surface area contributed by atoms with Gasteiger partial charge in [0.15, 0.2) is 0 Å². The number of nitrogens with two attached hydrogens (primary N) is 1. The van der Waals surface area contributed by atoms with Crippen LogP contribution in [0.15, 0.2) is 48.7 Å². The van der Waals surface area contributed by atoms with Gasteiger partial charge in [0.1, 0.15) is 6.07 Å². The monoisotopic (exact) mass is 427 g/mol. The molecule has 0 atom stereocenters. The summed E-state index contributed by atoms with van der Waals surface area (Å²) in [6.45, 7) is 2.09. The molecule has 3 N–H and O–H groups in total. The smallest absolute Gasteiger partial charge is 0.253 e. The van der Waals surface area contributed by atoms with Gasteiger partial charge in [0.05, 0.1) is 11.1 Å². The Hall–Kier alpha value is -3.63. The molecule has 2 heterocycles. The first-order valence-electron chi connectivity index (χ1n) is 11.0. The SMILES string of the molecule is N#Cc1c[nH]c2ccc(-c3ccc(C(=O)N4CCN(C(=O)C5(N)CCC5)CC4)cc3)cc12. The van der Waals surface area contributed by atoms with Crippen LogP contribution in [0.3, 0.4) is 0 Å². The summed E-state index contributed by atoms with van der Waals surface area (Å²) in [6.07, 6.45) is 4.23. The van der Waals surface area contributed by atoms with Crippen molar-refractivity contribution in [1.82, 2.24) is 14.8 Å². The van der Waals surface area contributed by atoms with Gasteiger partial charge in [-0.25, -0.2) is 0 Å². The lowest BCUT2D eigenvalue weighted by molar-refractivity contribution is -0.141. The number of fused-ring (bicyclic) bond motifs is 1. The highest BCUT2D eigenvalue weighted by Crippen LogP contribution is 2.31. The van der Waals surface area contributed by atoms with Crippen LogP contribution in [0.5, 0.6) is 0 Å². The van der Waals surface area contributed by atoms with Gasteiger partial charge in [-0.2, -0.15) is 5.26 Å². The lowest BCUT2D eigenvalue weighted by Gasteiger charge is -2.43. The van der Waals surface area contributed by atoms with Crippen LogP contribution in [0.4, 0.5) is 0 Å². The summed E-state index contributed by atoms with van der Waals surface area (Å²) >= 11 is 0. The van der Waals surface area contributed by atoms with Crippen molar-refractivity contribution in [2.75, 3.05) is 26.2 Å². The minimum atomic E-state index is -0.681. The van der Waals surface area contributed by atoms with Crippen molar-refractivity contribution in [2.24, 2.45) is 5.73 Å². The van der Waals surface area contributed by atoms with E-state index in [2.05, 4.69) is 11.1 Å². The largest absolute Gasteiger partial charge is 0.360 e. The minimum Gasteiger partial charge on any atom is -0.360 e. The van der Waals surface area contributed by atoms with Crippen LogP contribution in [-0.4, -0.2) is 58.3 Å². The predicted octanol–water partition coefficient (Wildman–Crippen LogP) is 2.87. The maximum Gasteiger partial charge on any atom is 0.253 e. The number of hydrogen-bond donors (Lipinski definition) is 2. The van der Waals surface area contributed by atoms with Crippen molar-refractivity contribution in [1.29, 1.82) is 5.26 Å². The number of carbonyl (C=O) groups excluding carboxylic acids is 2. The molecule has 1 saturated heterocycles. The highest BCUT2D eigenvalue weighted by atomic mass is 16.2. The van der Waals surface area contributed by atoms with Gasteiger partial charge < -0.3 is 20.5 Å².